The van der Waals surface area contributed by atoms with Crippen LogP contribution >= 0.6 is 12.4 Å². The van der Waals surface area contributed by atoms with Gasteiger partial charge in [-0.15, -0.1) is 12.4 Å². The van der Waals surface area contributed by atoms with E-state index >= 15 is 0 Å². The summed E-state index contributed by atoms with van der Waals surface area (Å²) in [5, 5.41) is 6.25. The van der Waals surface area contributed by atoms with E-state index in [4.69, 9.17) is 4.74 Å². The van der Waals surface area contributed by atoms with Crippen molar-refractivity contribution in [2.24, 2.45) is 0 Å². The number of piperazine rings is 1. The monoisotopic (exact) mass is 341 g/mol. The first-order valence-electron chi connectivity index (χ1n) is 8.05. The molecule has 1 aliphatic rings. The predicted molar refractivity (Wildman–Crippen MR) is 95.6 cm³/mol. The number of nitrogens with zero attached hydrogens (tertiary/aromatic N) is 1. The number of halogens is 1. The van der Waals surface area contributed by atoms with Crippen LogP contribution in [0.1, 0.15) is 17.5 Å². The van der Waals surface area contributed by atoms with Gasteiger partial charge in [0.05, 0.1) is 0 Å². The Labute approximate surface area is 145 Å². The minimum atomic E-state index is -0.0553. The van der Waals surface area contributed by atoms with Gasteiger partial charge in [0.15, 0.2) is 6.61 Å². The lowest BCUT2D eigenvalue weighted by molar-refractivity contribution is -0.123. The molecule has 23 heavy (non-hydrogen) atoms. The van der Waals surface area contributed by atoms with Crippen LogP contribution < -0.4 is 15.4 Å². The maximum Gasteiger partial charge on any atom is 0.257 e. The molecule has 1 saturated heterocycles. The molecule has 1 aliphatic heterocycles. The maximum absolute atomic E-state index is 11.8. The van der Waals surface area contributed by atoms with Crippen LogP contribution in [0.15, 0.2) is 18.2 Å². The van der Waals surface area contributed by atoms with Gasteiger partial charge in [0.1, 0.15) is 5.75 Å². The highest BCUT2D eigenvalue weighted by atomic mass is 35.5. The van der Waals surface area contributed by atoms with Crippen molar-refractivity contribution in [3.8, 4) is 5.75 Å². The quantitative estimate of drug-likeness (QED) is 0.738. The van der Waals surface area contributed by atoms with E-state index < -0.39 is 0 Å². The van der Waals surface area contributed by atoms with Crippen molar-refractivity contribution >= 4 is 18.3 Å². The Hall–Kier alpha value is -1.30. The molecule has 0 aromatic heterocycles. The third-order valence-corrected chi connectivity index (χ3v) is 3.87. The molecule has 1 heterocycles. The first-order chi connectivity index (χ1) is 10.6. The van der Waals surface area contributed by atoms with E-state index in [-0.39, 0.29) is 24.9 Å². The first-order valence-corrected chi connectivity index (χ1v) is 8.05. The number of rotatable bonds is 7. The van der Waals surface area contributed by atoms with E-state index in [1.807, 2.05) is 26.0 Å². The van der Waals surface area contributed by atoms with Crippen LogP contribution in [-0.2, 0) is 4.79 Å². The topological polar surface area (TPSA) is 53.6 Å². The highest BCUT2D eigenvalue weighted by molar-refractivity contribution is 5.85. The zero-order valence-electron chi connectivity index (χ0n) is 14.1. The molecule has 2 N–H and O–H groups in total. The molecular weight excluding hydrogens is 314 g/mol. The lowest BCUT2D eigenvalue weighted by atomic mass is 10.1. The lowest BCUT2D eigenvalue weighted by Crippen LogP contribution is -2.44. The van der Waals surface area contributed by atoms with Crippen LogP contribution in [-0.4, -0.2) is 56.7 Å². The number of hydrogen-bond donors (Lipinski definition) is 2. The summed E-state index contributed by atoms with van der Waals surface area (Å²) in [5.74, 6) is 0.724. The second-order valence-corrected chi connectivity index (χ2v) is 5.85. The number of ether oxygens (including phenoxy) is 1. The van der Waals surface area contributed by atoms with Crippen LogP contribution in [0.2, 0.25) is 0 Å². The van der Waals surface area contributed by atoms with Gasteiger partial charge >= 0.3 is 0 Å². The molecule has 0 bridgehead atoms. The van der Waals surface area contributed by atoms with Gasteiger partial charge in [-0.25, -0.2) is 0 Å². The van der Waals surface area contributed by atoms with Crippen LogP contribution in [0.5, 0.6) is 5.75 Å². The molecule has 1 fully saturated rings. The van der Waals surface area contributed by atoms with Crippen LogP contribution in [0, 0.1) is 13.8 Å². The number of benzene rings is 1. The van der Waals surface area contributed by atoms with Gasteiger partial charge in [0, 0.05) is 32.7 Å². The average molecular weight is 342 g/mol. The SMILES string of the molecule is Cc1ccc(OCC(=O)NCCCN2CCNCC2)c(C)c1.Cl. The average Bonchev–Trinajstić information content (AvgIpc) is 2.52. The van der Waals surface area contributed by atoms with Crippen molar-refractivity contribution in [2.75, 3.05) is 45.9 Å². The van der Waals surface area contributed by atoms with Gasteiger partial charge in [-0.2, -0.15) is 0 Å². The number of amides is 1. The van der Waals surface area contributed by atoms with Gasteiger partial charge in [-0.3, -0.25) is 4.79 Å². The zero-order chi connectivity index (χ0) is 15.8. The fourth-order valence-electron chi connectivity index (χ4n) is 2.62. The van der Waals surface area contributed by atoms with Crippen molar-refractivity contribution < 1.29 is 9.53 Å². The van der Waals surface area contributed by atoms with E-state index in [1.54, 1.807) is 0 Å². The summed E-state index contributed by atoms with van der Waals surface area (Å²) < 4.78 is 5.57. The Morgan fingerprint density at radius 1 is 1.30 bits per heavy atom. The minimum Gasteiger partial charge on any atom is -0.484 e. The van der Waals surface area contributed by atoms with Gasteiger partial charge in [0.2, 0.25) is 0 Å². The molecule has 0 spiro atoms. The summed E-state index contributed by atoms with van der Waals surface area (Å²) in [5.41, 5.74) is 2.26. The third-order valence-electron chi connectivity index (χ3n) is 3.87. The molecule has 2 rings (SSSR count). The smallest absolute Gasteiger partial charge is 0.257 e. The summed E-state index contributed by atoms with van der Waals surface area (Å²) in [6.07, 6.45) is 0.981. The molecular formula is C17H28ClN3O2. The van der Waals surface area contributed by atoms with Crippen molar-refractivity contribution in [1.29, 1.82) is 0 Å². The third kappa shape index (κ3) is 7.20. The second-order valence-electron chi connectivity index (χ2n) is 5.85. The molecule has 1 aromatic rings. The van der Waals surface area contributed by atoms with Crippen molar-refractivity contribution in [3.63, 3.8) is 0 Å². The van der Waals surface area contributed by atoms with Gasteiger partial charge in [0.25, 0.3) is 5.91 Å². The Morgan fingerprint density at radius 3 is 2.74 bits per heavy atom. The molecule has 6 heteroatoms. The number of carbonyl (C=O) groups excluding carboxylic acids is 1. The standard InChI is InChI=1S/C17H27N3O2.ClH/c1-14-4-5-16(15(2)12-14)22-13-17(21)19-6-3-9-20-10-7-18-8-11-20;/h4-5,12,18H,3,6-11,13H2,1-2H3,(H,19,21);1H. The van der Waals surface area contributed by atoms with Gasteiger partial charge in [-0.05, 0) is 38.4 Å². The van der Waals surface area contributed by atoms with Crippen molar-refractivity contribution in [1.82, 2.24) is 15.5 Å². The molecule has 1 aromatic carbocycles. The summed E-state index contributed by atoms with van der Waals surface area (Å²) >= 11 is 0. The highest BCUT2D eigenvalue weighted by Crippen LogP contribution is 2.18. The maximum atomic E-state index is 11.8. The van der Waals surface area contributed by atoms with Crippen LogP contribution in [0.4, 0.5) is 0 Å². The second kappa shape index (κ2) is 10.5. The van der Waals surface area contributed by atoms with E-state index in [9.17, 15) is 4.79 Å². The van der Waals surface area contributed by atoms with E-state index in [0.717, 1.165) is 50.5 Å². The van der Waals surface area contributed by atoms with Crippen LogP contribution in [0.25, 0.3) is 0 Å². The normalized spacial score (nSPS) is 14.9. The summed E-state index contributed by atoms with van der Waals surface area (Å²) in [6, 6.07) is 5.97. The highest BCUT2D eigenvalue weighted by Gasteiger charge is 2.09. The molecule has 5 nitrogen and oxygen atoms in total. The largest absolute Gasteiger partial charge is 0.484 e. The Bertz CT molecular complexity index is 491. The van der Waals surface area contributed by atoms with Gasteiger partial charge < -0.3 is 20.3 Å². The molecule has 130 valence electrons. The Balaban J connectivity index is 0.00000264. The summed E-state index contributed by atoms with van der Waals surface area (Å²) in [6.45, 7) is 10.2. The summed E-state index contributed by atoms with van der Waals surface area (Å²) in [4.78, 5) is 14.2. The van der Waals surface area contributed by atoms with E-state index in [2.05, 4.69) is 21.6 Å². The van der Waals surface area contributed by atoms with Crippen LogP contribution in [0.3, 0.4) is 0 Å². The Kier molecular flexibility index (Phi) is 8.99. The molecule has 0 atom stereocenters. The minimum absolute atomic E-state index is 0. The van der Waals surface area contributed by atoms with E-state index in [1.165, 1.54) is 5.56 Å². The molecule has 0 saturated carbocycles. The number of nitrogens with one attached hydrogen (secondary N) is 2. The lowest BCUT2D eigenvalue weighted by Gasteiger charge is -2.27. The molecule has 0 aliphatic carbocycles. The predicted octanol–water partition coefficient (Wildman–Crippen LogP) is 1.52. The zero-order valence-corrected chi connectivity index (χ0v) is 14.9. The Morgan fingerprint density at radius 2 is 2.04 bits per heavy atom. The number of carbonyl (C=O) groups is 1. The van der Waals surface area contributed by atoms with E-state index in [0.29, 0.717) is 6.54 Å². The number of hydrogen-bond acceptors (Lipinski definition) is 4. The molecule has 0 radical (unpaired) electrons. The summed E-state index contributed by atoms with van der Waals surface area (Å²) in [7, 11) is 0. The fraction of sp³-hybridized carbons (Fsp3) is 0.588. The number of aryl methyl sites for hydroxylation is 2. The van der Waals surface area contributed by atoms with Gasteiger partial charge in [-0.1, -0.05) is 17.7 Å². The van der Waals surface area contributed by atoms with Crippen molar-refractivity contribution in [3.05, 3.63) is 29.3 Å². The molecule has 0 unspecified atom stereocenters. The fourth-order valence-corrected chi connectivity index (χ4v) is 2.62. The first kappa shape index (κ1) is 19.7. The van der Waals surface area contributed by atoms with Crippen molar-refractivity contribution in [2.45, 2.75) is 20.3 Å². The molecule has 1 amide bonds.